The van der Waals surface area contributed by atoms with Crippen LogP contribution in [0.5, 0.6) is 5.75 Å². The number of carbonyl (C=O) groups excluding carboxylic acids is 1. The van der Waals surface area contributed by atoms with Crippen molar-refractivity contribution in [3.05, 3.63) is 52.5 Å². The number of nitrogens with one attached hydrogen (secondary N) is 1. The third-order valence-electron chi connectivity index (χ3n) is 5.16. The Balaban J connectivity index is 1.75. The molecule has 1 atom stereocenters. The number of methoxy groups -OCH3 is 1. The van der Waals surface area contributed by atoms with Gasteiger partial charge in [-0.05, 0) is 56.5 Å². The largest absolute Gasteiger partial charge is 0.495 e. The maximum absolute atomic E-state index is 13.1. The number of carbonyl (C=O) groups is 1. The number of halogens is 1. The predicted octanol–water partition coefficient (Wildman–Crippen LogP) is 4.00. The van der Waals surface area contributed by atoms with Gasteiger partial charge in [-0.3, -0.25) is 4.79 Å². The first-order valence-corrected chi connectivity index (χ1v) is 11.3. The maximum atomic E-state index is 13.1. The van der Waals surface area contributed by atoms with Gasteiger partial charge in [0.1, 0.15) is 5.75 Å². The van der Waals surface area contributed by atoms with Gasteiger partial charge in [0, 0.05) is 18.8 Å². The van der Waals surface area contributed by atoms with Crippen LogP contribution in [0.2, 0.25) is 5.02 Å². The maximum Gasteiger partial charge on any atom is 0.243 e. The summed E-state index contributed by atoms with van der Waals surface area (Å²) in [4.78, 5) is 12.9. The van der Waals surface area contributed by atoms with Gasteiger partial charge in [0.15, 0.2) is 0 Å². The Morgan fingerprint density at radius 3 is 2.62 bits per heavy atom. The van der Waals surface area contributed by atoms with Crippen LogP contribution in [0.1, 0.15) is 24.0 Å². The molecule has 2 aromatic carbocycles. The molecule has 1 amide bonds. The molecule has 8 heteroatoms. The highest BCUT2D eigenvalue weighted by Crippen LogP contribution is 2.30. The van der Waals surface area contributed by atoms with Crippen LogP contribution in [0.4, 0.5) is 5.69 Å². The van der Waals surface area contributed by atoms with Gasteiger partial charge in [0.25, 0.3) is 0 Å². The molecule has 1 saturated heterocycles. The zero-order valence-corrected chi connectivity index (χ0v) is 18.3. The van der Waals surface area contributed by atoms with Gasteiger partial charge in [0.2, 0.25) is 15.9 Å². The van der Waals surface area contributed by atoms with Gasteiger partial charge < -0.3 is 10.1 Å². The fourth-order valence-corrected chi connectivity index (χ4v) is 5.39. The molecule has 1 aliphatic heterocycles. The van der Waals surface area contributed by atoms with Gasteiger partial charge >= 0.3 is 0 Å². The van der Waals surface area contributed by atoms with Crippen molar-refractivity contribution in [3.63, 3.8) is 0 Å². The molecule has 0 spiro atoms. The van der Waals surface area contributed by atoms with E-state index in [0.717, 1.165) is 16.8 Å². The number of anilines is 1. The van der Waals surface area contributed by atoms with Gasteiger partial charge in [-0.1, -0.05) is 29.3 Å². The van der Waals surface area contributed by atoms with Crippen molar-refractivity contribution in [2.24, 2.45) is 5.92 Å². The zero-order valence-electron chi connectivity index (χ0n) is 16.7. The SMILES string of the molecule is COc1ccc(S(=O)(=O)N2CCC[C@@H](C(=O)Nc3ccc(C)cc3C)C2)cc1Cl. The highest BCUT2D eigenvalue weighted by molar-refractivity contribution is 7.89. The molecular formula is C21H25ClN2O4S. The summed E-state index contributed by atoms with van der Waals surface area (Å²) < 4.78 is 32.6. The highest BCUT2D eigenvalue weighted by Gasteiger charge is 2.33. The molecule has 1 fully saturated rings. The van der Waals surface area contributed by atoms with Gasteiger partial charge in [-0.15, -0.1) is 0 Å². The molecule has 1 N–H and O–H groups in total. The van der Waals surface area contributed by atoms with E-state index in [4.69, 9.17) is 16.3 Å². The van der Waals surface area contributed by atoms with E-state index in [1.165, 1.54) is 29.6 Å². The van der Waals surface area contributed by atoms with Crippen LogP contribution in [0, 0.1) is 19.8 Å². The zero-order chi connectivity index (χ0) is 21.2. The first kappa shape index (κ1) is 21.6. The molecule has 0 bridgehead atoms. The van der Waals surface area contributed by atoms with E-state index in [0.29, 0.717) is 25.1 Å². The van der Waals surface area contributed by atoms with Gasteiger partial charge in [-0.2, -0.15) is 4.31 Å². The molecule has 0 saturated carbocycles. The van der Waals surface area contributed by atoms with E-state index in [-0.39, 0.29) is 22.4 Å². The predicted molar refractivity (Wildman–Crippen MR) is 114 cm³/mol. The summed E-state index contributed by atoms with van der Waals surface area (Å²) in [6.07, 6.45) is 1.26. The Labute approximate surface area is 176 Å². The Hall–Kier alpha value is -2.09. The number of piperidine rings is 1. The lowest BCUT2D eigenvalue weighted by Crippen LogP contribution is -2.43. The first-order chi connectivity index (χ1) is 13.7. The molecule has 156 valence electrons. The normalized spacial score (nSPS) is 17.7. The van der Waals surface area contributed by atoms with Crippen molar-refractivity contribution in [1.29, 1.82) is 0 Å². The fourth-order valence-electron chi connectivity index (χ4n) is 3.52. The van der Waals surface area contributed by atoms with E-state index in [1.807, 2.05) is 32.0 Å². The monoisotopic (exact) mass is 436 g/mol. The van der Waals surface area contributed by atoms with Crippen molar-refractivity contribution in [2.75, 3.05) is 25.5 Å². The molecular weight excluding hydrogens is 412 g/mol. The van der Waals surface area contributed by atoms with Crippen LogP contribution in [-0.2, 0) is 14.8 Å². The number of amides is 1. The lowest BCUT2D eigenvalue weighted by molar-refractivity contribution is -0.120. The summed E-state index contributed by atoms with van der Waals surface area (Å²) in [6.45, 7) is 4.45. The quantitative estimate of drug-likeness (QED) is 0.768. The molecule has 0 radical (unpaired) electrons. The van der Waals surface area contributed by atoms with E-state index < -0.39 is 15.9 Å². The second-order valence-electron chi connectivity index (χ2n) is 7.31. The third kappa shape index (κ3) is 4.74. The topological polar surface area (TPSA) is 75.7 Å². The van der Waals surface area contributed by atoms with E-state index in [2.05, 4.69) is 5.32 Å². The number of hydrogen-bond acceptors (Lipinski definition) is 4. The Morgan fingerprint density at radius 2 is 1.97 bits per heavy atom. The molecule has 29 heavy (non-hydrogen) atoms. The molecule has 0 aliphatic carbocycles. The van der Waals surface area contributed by atoms with Crippen molar-refractivity contribution in [1.82, 2.24) is 4.31 Å². The standard InChI is InChI=1S/C21H25ClN2O4S/c1-14-6-8-19(15(2)11-14)23-21(25)16-5-4-10-24(13-16)29(26,27)17-7-9-20(28-3)18(22)12-17/h6-9,11-12,16H,4-5,10,13H2,1-3H3,(H,23,25)/t16-/m1/s1. The number of ether oxygens (including phenoxy) is 1. The van der Waals surface area contributed by atoms with E-state index in [9.17, 15) is 13.2 Å². The van der Waals surface area contributed by atoms with Crippen LogP contribution < -0.4 is 10.1 Å². The van der Waals surface area contributed by atoms with Crippen molar-refractivity contribution >= 4 is 33.2 Å². The fraction of sp³-hybridized carbons (Fsp3) is 0.381. The third-order valence-corrected chi connectivity index (χ3v) is 7.31. The summed E-state index contributed by atoms with van der Waals surface area (Å²) in [6, 6.07) is 10.2. The van der Waals surface area contributed by atoms with Crippen LogP contribution in [0.3, 0.4) is 0 Å². The minimum atomic E-state index is -3.75. The molecule has 2 aromatic rings. The smallest absolute Gasteiger partial charge is 0.243 e. The average Bonchev–Trinajstić information content (AvgIpc) is 2.70. The van der Waals surface area contributed by atoms with Gasteiger partial charge in [0.05, 0.1) is 22.9 Å². The van der Waals surface area contributed by atoms with Gasteiger partial charge in [-0.25, -0.2) is 8.42 Å². The number of benzene rings is 2. The number of aryl methyl sites for hydroxylation is 2. The number of sulfonamides is 1. The molecule has 0 aromatic heterocycles. The lowest BCUT2D eigenvalue weighted by Gasteiger charge is -2.31. The second-order valence-corrected chi connectivity index (χ2v) is 9.65. The highest BCUT2D eigenvalue weighted by atomic mass is 35.5. The molecule has 1 aliphatic rings. The van der Waals surface area contributed by atoms with Crippen LogP contribution >= 0.6 is 11.6 Å². The Kier molecular flexibility index (Phi) is 6.51. The van der Waals surface area contributed by atoms with Crippen molar-refractivity contribution < 1.29 is 17.9 Å². The summed E-state index contributed by atoms with van der Waals surface area (Å²) in [5.74, 6) is -0.160. The summed E-state index contributed by atoms with van der Waals surface area (Å²) >= 11 is 6.10. The molecule has 3 rings (SSSR count). The lowest BCUT2D eigenvalue weighted by atomic mass is 9.98. The number of rotatable bonds is 5. The summed E-state index contributed by atoms with van der Waals surface area (Å²) in [7, 11) is -2.28. The van der Waals surface area contributed by atoms with E-state index in [1.54, 1.807) is 0 Å². The van der Waals surface area contributed by atoms with E-state index >= 15 is 0 Å². The number of hydrogen-bond donors (Lipinski definition) is 1. The van der Waals surface area contributed by atoms with Crippen LogP contribution in [-0.4, -0.2) is 38.8 Å². The second kappa shape index (κ2) is 8.73. The molecule has 0 unspecified atom stereocenters. The summed E-state index contributed by atoms with van der Waals surface area (Å²) in [5, 5.41) is 3.18. The Bertz CT molecular complexity index is 1020. The molecule has 1 heterocycles. The summed E-state index contributed by atoms with van der Waals surface area (Å²) in [5.41, 5.74) is 2.85. The van der Waals surface area contributed by atoms with Crippen LogP contribution in [0.15, 0.2) is 41.3 Å². The minimum Gasteiger partial charge on any atom is -0.495 e. The average molecular weight is 437 g/mol. The first-order valence-electron chi connectivity index (χ1n) is 9.44. The number of nitrogens with zero attached hydrogens (tertiary/aromatic N) is 1. The molecule has 6 nitrogen and oxygen atoms in total. The van der Waals surface area contributed by atoms with Crippen molar-refractivity contribution in [2.45, 2.75) is 31.6 Å². The Morgan fingerprint density at radius 1 is 1.21 bits per heavy atom. The minimum absolute atomic E-state index is 0.0961. The van der Waals surface area contributed by atoms with Crippen LogP contribution in [0.25, 0.3) is 0 Å². The van der Waals surface area contributed by atoms with Crippen molar-refractivity contribution in [3.8, 4) is 5.75 Å².